The Morgan fingerprint density at radius 3 is 2.08 bits per heavy atom. The van der Waals surface area contributed by atoms with E-state index in [-0.39, 0.29) is 6.04 Å². The van der Waals surface area contributed by atoms with Crippen LogP contribution in [0.25, 0.3) is 0 Å². The fraction of sp³-hybridized carbons (Fsp3) is 0.400. The van der Waals surface area contributed by atoms with Crippen molar-refractivity contribution in [2.24, 2.45) is 0 Å². The minimum atomic E-state index is 0.266. The van der Waals surface area contributed by atoms with E-state index in [9.17, 15) is 0 Å². The first-order valence-corrected chi connectivity index (χ1v) is 8.31. The van der Waals surface area contributed by atoms with Crippen LogP contribution in [0.15, 0.2) is 42.5 Å². The van der Waals surface area contributed by atoms with Crippen LogP contribution in [0.3, 0.4) is 0 Å². The van der Waals surface area contributed by atoms with Gasteiger partial charge in [0.1, 0.15) is 17.2 Å². The summed E-state index contributed by atoms with van der Waals surface area (Å²) < 4.78 is 16.0. The fourth-order valence-electron chi connectivity index (χ4n) is 2.79. The van der Waals surface area contributed by atoms with Gasteiger partial charge in [0.05, 0.1) is 21.3 Å². The van der Waals surface area contributed by atoms with Gasteiger partial charge in [-0.05, 0) is 50.0 Å². The lowest BCUT2D eigenvalue weighted by atomic mass is 10.1. The summed E-state index contributed by atoms with van der Waals surface area (Å²) in [6, 6.07) is 14.3. The number of rotatable bonds is 9. The molecule has 1 atom stereocenters. The molecule has 1 N–H and O–H groups in total. The molecular formula is C20H28N2O3. The molecular weight excluding hydrogens is 316 g/mol. The van der Waals surface area contributed by atoms with E-state index in [4.69, 9.17) is 14.2 Å². The summed E-state index contributed by atoms with van der Waals surface area (Å²) in [6.07, 6.45) is 0. The van der Waals surface area contributed by atoms with Crippen LogP contribution in [0, 0.1) is 0 Å². The first kappa shape index (κ1) is 19.1. The van der Waals surface area contributed by atoms with Crippen molar-refractivity contribution in [3.63, 3.8) is 0 Å². The summed E-state index contributed by atoms with van der Waals surface area (Å²) in [6.45, 7) is 1.53. The first-order chi connectivity index (χ1) is 12.1. The molecule has 25 heavy (non-hydrogen) atoms. The molecule has 0 radical (unpaired) electrons. The summed E-state index contributed by atoms with van der Waals surface area (Å²) in [7, 11) is 9.21. The Bertz CT molecular complexity index is 656. The van der Waals surface area contributed by atoms with Gasteiger partial charge in [0.15, 0.2) is 0 Å². The van der Waals surface area contributed by atoms with Crippen LogP contribution in [0.5, 0.6) is 17.2 Å². The molecule has 5 nitrogen and oxygen atoms in total. The lowest BCUT2D eigenvalue weighted by Crippen LogP contribution is -2.30. The molecule has 0 saturated carbocycles. The van der Waals surface area contributed by atoms with E-state index in [0.29, 0.717) is 6.54 Å². The SMILES string of the molecule is COc1ccc([C@H](CNCc2cc(OC)ccc2OC)N(C)C)cc1. The van der Waals surface area contributed by atoms with Gasteiger partial charge in [-0.2, -0.15) is 0 Å². The average Bonchev–Trinajstić information content (AvgIpc) is 2.65. The molecule has 0 heterocycles. The number of ether oxygens (including phenoxy) is 3. The quantitative estimate of drug-likeness (QED) is 0.757. The summed E-state index contributed by atoms with van der Waals surface area (Å²) in [4.78, 5) is 2.21. The second kappa shape index (κ2) is 9.30. The minimum Gasteiger partial charge on any atom is -0.497 e. The number of nitrogens with one attached hydrogen (secondary N) is 1. The molecule has 2 aromatic rings. The van der Waals surface area contributed by atoms with E-state index in [0.717, 1.165) is 29.4 Å². The topological polar surface area (TPSA) is 43.0 Å². The highest BCUT2D eigenvalue weighted by Crippen LogP contribution is 2.25. The van der Waals surface area contributed by atoms with E-state index in [1.165, 1.54) is 5.56 Å². The van der Waals surface area contributed by atoms with Gasteiger partial charge < -0.3 is 24.4 Å². The van der Waals surface area contributed by atoms with Gasteiger partial charge in [0.2, 0.25) is 0 Å². The number of benzene rings is 2. The van der Waals surface area contributed by atoms with Crippen LogP contribution in [0.2, 0.25) is 0 Å². The molecule has 0 aliphatic rings. The normalized spacial score (nSPS) is 12.1. The maximum absolute atomic E-state index is 5.44. The van der Waals surface area contributed by atoms with E-state index in [1.807, 2.05) is 30.3 Å². The van der Waals surface area contributed by atoms with Crippen LogP contribution in [-0.2, 0) is 6.54 Å². The van der Waals surface area contributed by atoms with E-state index in [2.05, 4.69) is 36.4 Å². The van der Waals surface area contributed by atoms with Crippen molar-refractivity contribution in [1.29, 1.82) is 0 Å². The summed E-state index contributed by atoms with van der Waals surface area (Å²) in [5, 5.41) is 3.53. The number of hydrogen-bond donors (Lipinski definition) is 1. The van der Waals surface area contributed by atoms with Crippen LogP contribution in [0.1, 0.15) is 17.2 Å². The molecule has 0 fully saturated rings. The van der Waals surface area contributed by atoms with Crippen molar-refractivity contribution < 1.29 is 14.2 Å². The zero-order chi connectivity index (χ0) is 18.2. The largest absolute Gasteiger partial charge is 0.497 e. The van der Waals surface area contributed by atoms with Gasteiger partial charge in [-0.25, -0.2) is 0 Å². The molecule has 136 valence electrons. The number of likely N-dealkylation sites (N-methyl/N-ethyl adjacent to an activating group) is 1. The predicted molar refractivity (Wildman–Crippen MR) is 101 cm³/mol. The average molecular weight is 344 g/mol. The second-order valence-electron chi connectivity index (χ2n) is 6.06. The van der Waals surface area contributed by atoms with Gasteiger partial charge in [-0.1, -0.05) is 12.1 Å². The molecule has 5 heteroatoms. The van der Waals surface area contributed by atoms with Crippen molar-refractivity contribution in [2.45, 2.75) is 12.6 Å². The Kier molecular flexibility index (Phi) is 7.10. The lowest BCUT2D eigenvalue weighted by molar-refractivity contribution is 0.287. The number of methoxy groups -OCH3 is 3. The Hall–Kier alpha value is -2.24. The van der Waals surface area contributed by atoms with Crippen LogP contribution < -0.4 is 19.5 Å². The zero-order valence-corrected chi connectivity index (χ0v) is 15.7. The molecule has 0 amide bonds. The molecule has 2 rings (SSSR count). The van der Waals surface area contributed by atoms with Gasteiger partial charge in [-0.3, -0.25) is 0 Å². The van der Waals surface area contributed by atoms with Crippen molar-refractivity contribution in [3.05, 3.63) is 53.6 Å². The highest BCUT2D eigenvalue weighted by atomic mass is 16.5. The Balaban J connectivity index is 2.04. The van der Waals surface area contributed by atoms with Crippen LogP contribution >= 0.6 is 0 Å². The predicted octanol–water partition coefficient (Wildman–Crippen LogP) is 3.10. The Morgan fingerprint density at radius 2 is 1.52 bits per heavy atom. The van der Waals surface area contributed by atoms with Gasteiger partial charge in [0, 0.05) is 24.7 Å². The third-order valence-corrected chi connectivity index (χ3v) is 4.26. The molecule has 0 saturated heterocycles. The molecule has 0 bridgehead atoms. The fourth-order valence-corrected chi connectivity index (χ4v) is 2.79. The Morgan fingerprint density at radius 1 is 0.880 bits per heavy atom. The highest BCUT2D eigenvalue weighted by molar-refractivity contribution is 5.40. The molecule has 2 aromatic carbocycles. The molecule has 0 aromatic heterocycles. The van der Waals surface area contributed by atoms with Crippen LogP contribution in [0.4, 0.5) is 0 Å². The van der Waals surface area contributed by atoms with E-state index < -0.39 is 0 Å². The summed E-state index contributed by atoms with van der Waals surface area (Å²) in [5.74, 6) is 2.56. The highest BCUT2D eigenvalue weighted by Gasteiger charge is 2.14. The number of nitrogens with zero attached hydrogens (tertiary/aromatic N) is 1. The number of hydrogen-bond acceptors (Lipinski definition) is 5. The van der Waals surface area contributed by atoms with Crippen LogP contribution in [-0.4, -0.2) is 46.9 Å². The molecule has 0 spiro atoms. The van der Waals surface area contributed by atoms with E-state index >= 15 is 0 Å². The third-order valence-electron chi connectivity index (χ3n) is 4.26. The monoisotopic (exact) mass is 344 g/mol. The van der Waals surface area contributed by atoms with Gasteiger partial charge in [-0.15, -0.1) is 0 Å². The van der Waals surface area contributed by atoms with Gasteiger partial charge >= 0.3 is 0 Å². The van der Waals surface area contributed by atoms with Crippen molar-refractivity contribution in [3.8, 4) is 17.2 Å². The van der Waals surface area contributed by atoms with Crippen molar-refractivity contribution in [2.75, 3.05) is 42.0 Å². The summed E-state index contributed by atoms with van der Waals surface area (Å²) in [5.41, 5.74) is 2.32. The zero-order valence-electron chi connectivity index (χ0n) is 15.7. The molecule has 0 aliphatic carbocycles. The van der Waals surface area contributed by atoms with Crippen molar-refractivity contribution in [1.82, 2.24) is 10.2 Å². The maximum atomic E-state index is 5.44. The van der Waals surface area contributed by atoms with Gasteiger partial charge in [0.25, 0.3) is 0 Å². The summed E-state index contributed by atoms with van der Waals surface area (Å²) >= 11 is 0. The van der Waals surface area contributed by atoms with E-state index in [1.54, 1.807) is 21.3 Å². The maximum Gasteiger partial charge on any atom is 0.123 e. The lowest BCUT2D eigenvalue weighted by Gasteiger charge is -2.25. The Labute approximate surface area is 150 Å². The first-order valence-electron chi connectivity index (χ1n) is 8.31. The minimum absolute atomic E-state index is 0.266. The van der Waals surface area contributed by atoms with Crippen molar-refractivity contribution >= 4 is 0 Å². The third kappa shape index (κ3) is 5.11. The molecule has 0 unspecified atom stereocenters. The molecule has 0 aliphatic heterocycles. The standard InChI is InChI=1S/C20H28N2O3/c1-22(2)19(15-6-8-17(23-3)9-7-15)14-21-13-16-12-18(24-4)10-11-20(16)25-5/h6-12,19,21H,13-14H2,1-5H3/t19-/m0/s1. The smallest absolute Gasteiger partial charge is 0.123 e. The second-order valence-corrected chi connectivity index (χ2v) is 6.06.